The van der Waals surface area contributed by atoms with E-state index in [0.717, 1.165) is 63.5 Å². The Labute approximate surface area is 121 Å². The number of rotatable bonds is 10. The fourth-order valence-corrected chi connectivity index (χ4v) is 2.55. The summed E-state index contributed by atoms with van der Waals surface area (Å²) < 4.78 is 16.4. The molecule has 1 N–H and O–H groups in total. The van der Waals surface area contributed by atoms with Crippen molar-refractivity contribution in [2.24, 2.45) is 0 Å². The average molecular weight is 282 g/mol. The van der Waals surface area contributed by atoms with Crippen LogP contribution in [-0.2, 0) is 22.3 Å². The largest absolute Gasteiger partial charge is 0.446 e. The van der Waals surface area contributed by atoms with Gasteiger partial charge in [0, 0.05) is 33.6 Å². The molecule has 1 fully saturated rings. The van der Waals surface area contributed by atoms with Crippen LogP contribution in [0.25, 0.3) is 0 Å². The van der Waals surface area contributed by atoms with Crippen molar-refractivity contribution in [2.45, 2.75) is 44.1 Å². The van der Waals surface area contributed by atoms with E-state index >= 15 is 0 Å². The van der Waals surface area contributed by atoms with Crippen molar-refractivity contribution in [3.63, 3.8) is 0 Å². The highest BCUT2D eigenvalue weighted by molar-refractivity contribution is 5.04. The molecule has 0 saturated heterocycles. The molecule has 1 aliphatic rings. The minimum absolute atomic E-state index is 0.0124. The van der Waals surface area contributed by atoms with Gasteiger partial charge in [0.05, 0.1) is 18.4 Å². The highest BCUT2D eigenvalue weighted by atomic mass is 16.5. The summed E-state index contributed by atoms with van der Waals surface area (Å²) in [4.78, 5) is 4.35. The molecule has 5 heteroatoms. The van der Waals surface area contributed by atoms with E-state index in [1.165, 1.54) is 6.42 Å². The SMILES string of the molecule is COCCNCCCc1ncc(CC2(OC)CCC2)o1. The number of nitrogens with zero attached hydrogens (tertiary/aromatic N) is 1. The van der Waals surface area contributed by atoms with Crippen LogP contribution in [-0.4, -0.2) is 44.5 Å². The summed E-state index contributed by atoms with van der Waals surface area (Å²) in [5.41, 5.74) is 0.0124. The first-order valence-electron chi connectivity index (χ1n) is 7.46. The first-order chi connectivity index (χ1) is 9.78. The van der Waals surface area contributed by atoms with E-state index in [2.05, 4.69) is 10.3 Å². The van der Waals surface area contributed by atoms with Crippen LogP contribution in [0.15, 0.2) is 10.6 Å². The van der Waals surface area contributed by atoms with Crippen LogP contribution in [0.1, 0.15) is 37.3 Å². The van der Waals surface area contributed by atoms with E-state index in [1.54, 1.807) is 14.2 Å². The lowest BCUT2D eigenvalue weighted by molar-refractivity contribution is -0.0738. The maximum absolute atomic E-state index is 5.80. The van der Waals surface area contributed by atoms with Crippen LogP contribution in [0, 0.1) is 0 Å². The zero-order valence-corrected chi connectivity index (χ0v) is 12.6. The minimum Gasteiger partial charge on any atom is -0.446 e. The van der Waals surface area contributed by atoms with Crippen molar-refractivity contribution >= 4 is 0 Å². The molecular weight excluding hydrogens is 256 g/mol. The van der Waals surface area contributed by atoms with Crippen LogP contribution in [0.4, 0.5) is 0 Å². The third-order valence-corrected chi connectivity index (χ3v) is 4.02. The molecule has 0 aliphatic heterocycles. The highest BCUT2D eigenvalue weighted by Crippen LogP contribution is 2.38. The molecule has 0 amide bonds. The van der Waals surface area contributed by atoms with Crippen LogP contribution in [0.5, 0.6) is 0 Å². The van der Waals surface area contributed by atoms with Gasteiger partial charge in [0.2, 0.25) is 0 Å². The van der Waals surface area contributed by atoms with Crippen molar-refractivity contribution in [1.82, 2.24) is 10.3 Å². The fraction of sp³-hybridized carbons (Fsp3) is 0.800. The first kappa shape index (κ1) is 15.5. The molecule has 0 radical (unpaired) electrons. The molecule has 1 aromatic heterocycles. The molecule has 1 saturated carbocycles. The standard InChI is InChI=1S/C15H26N2O3/c1-18-10-9-16-8-3-5-14-17-12-13(20-14)11-15(19-2)6-4-7-15/h12,16H,3-11H2,1-2H3. The van der Waals surface area contributed by atoms with Gasteiger partial charge in [0.1, 0.15) is 5.76 Å². The number of hydrogen-bond donors (Lipinski definition) is 1. The van der Waals surface area contributed by atoms with Gasteiger partial charge in [0.25, 0.3) is 0 Å². The Bertz CT molecular complexity index is 383. The monoisotopic (exact) mass is 282 g/mol. The Hall–Kier alpha value is -0.910. The van der Waals surface area contributed by atoms with E-state index in [9.17, 15) is 0 Å². The maximum atomic E-state index is 5.80. The van der Waals surface area contributed by atoms with Gasteiger partial charge >= 0.3 is 0 Å². The molecule has 114 valence electrons. The summed E-state index contributed by atoms with van der Waals surface area (Å²) in [5, 5.41) is 3.31. The molecule has 5 nitrogen and oxygen atoms in total. The maximum Gasteiger partial charge on any atom is 0.194 e. The molecule has 0 unspecified atom stereocenters. The molecule has 0 atom stereocenters. The summed E-state index contributed by atoms with van der Waals surface area (Å²) in [6.45, 7) is 2.61. The Morgan fingerprint density at radius 2 is 2.20 bits per heavy atom. The molecular formula is C15H26N2O3. The quantitative estimate of drug-likeness (QED) is 0.665. The van der Waals surface area contributed by atoms with Crippen molar-refractivity contribution in [1.29, 1.82) is 0 Å². The van der Waals surface area contributed by atoms with Crippen molar-refractivity contribution in [3.8, 4) is 0 Å². The molecule has 2 rings (SSSR count). The van der Waals surface area contributed by atoms with Gasteiger partial charge in [-0.2, -0.15) is 0 Å². The fourth-order valence-electron chi connectivity index (χ4n) is 2.55. The molecule has 0 aromatic carbocycles. The number of hydrogen-bond acceptors (Lipinski definition) is 5. The third-order valence-electron chi connectivity index (χ3n) is 4.02. The van der Waals surface area contributed by atoms with Crippen LogP contribution >= 0.6 is 0 Å². The Morgan fingerprint density at radius 1 is 1.35 bits per heavy atom. The average Bonchev–Trinajstić information content (AvgIpc) is 2.85. The second-order valence-corrected chi connectivity index (χ2v) is 5.48. The van der Waals surface area contributed by atoms with Crippen LogP contribution in [0.3, 0.4) is 0 Å². The normalized spacial score (nSPS) is 17.1. The van der Waals surface area contributed by atoms with Crippen molar-refractivity contribution in [2.75, 3.05) is 33.9 Å². The summed E-state index contributed by atoms with van der Waals surface area (Å²) >= 11 is 0. The Balaban J connectivity index is 1.67. The lowest BCUT2D eigenvalue weighted by Crippen LogP contribution is -2.41. The molecule has 1 heterocycles. The predicted molar refractivity (Wildman–Crippen MR) is 76.9 cm³/mol. The number of methoxy groups -OCH3 is 2. The Kier molecular flexibility index (Phi) is 6.01. The van der Waals surface area contributed by atoms with Gasteiger partial charge in [-0.3, -0.25) is 0 Å². The number of aryl methyl sites for hydroxylation is 1. The number of aromatic nitrogens is 1. The molecule has 20 heavy (non-hydrogen) atoms. The summed E-state index contributed by atoms with van der Waals surface area (Å²) in [6.07, 6.45) is 8.11. The zero-order chi connectivity index (χ0) is 14.3. The van der Waals surface area contributed by atoms with Gasteiger partial charge in [0.15, 0.2) is 5.89 Å². The number of oxazole rings is 1. The van der Waals surface area contributed by atoms with Gasteiger partial charge in [-0.25, -0.2) is 4.98 Å². The smallest absolute Gasteiger partial charge is 0.194 e. The van der Waals surface area contributed by atoms with E-state index in [-0.39, 0.29) is 5.60 Å². The topological polar surface area (TPSA) is 56.5 Å². The van der Waals surface area contributed by atoms with Crippen LogP contribution in [0.2, 0.25) is 0 Å². The van der Waals surface area contributed by atoms with E-state index < -0.39 is 0 Å². The van der Waals surface area contributed by atoms with Gasteiger partial charge in [-0.15, -0.1) is 0 Å². The van der Waals surface area contributed by atoms with Crippen LogP contribution < -0.4 is 5.32 Å². The number of ether oxygens (including phenoxy) is 2. The van der Waals surface area contributed by atoms with Gasteiger partial charge in [-0.1, -0.05) is 0 Å². The molecule has 0 bridgehead atoms. The lowest BCUT2D eigenvalue weighted by atomic mass is 9.77. The van der Waals surface area contributed by atoms with Gasteiger partial charge < -0.3 is 19.2 Å². The molecule has 0 spiro atoms. The predicted octanol–water partition coefficient (Wildman–Crippen LogP) is 1.95. The third kappa shape index (κ3) is 4.30. The minimum atomic E-state index is 0.0124. The summed E-state index contributed by atoms with van der Waals surface area (Å²) in [6, 6.07) is 0. The first-order valence-corrected chi connectivity index (χ1v) is 7.46. The molecule has 1 aliphatic carbocycles. The second kappa shape index (κ2) is 7.76. The highest BCUT2D eigenvalue weighted by Gasteiger charge is 2.38. The second-order valence-electron chi connectivity index (χ2n) is 5.48. The summed E-state index contributed by atoms with van der Waals surface area (Å²) in [5.74, 6) is 1.79. The van der Waals surface area contributed by atoms with E-state index in [4.69, 9.17) is 13.9 Å². The van der Waals surface area contributed by atoms with E-state index in [1.807, 2.05) is 6.20 Å². The van der Waals surface area contributed by atoms with E-state index in [0.29, 0.717) is 0 Å². The lowest BCUT2D eigenvalue weighted by Gasteiger charge is -2.39. The van der Waals surface area contributed by atoms with Crippen molar-refractivity contribution < 1.29 is 13.9 Å². The number of nitrogens with one attached hydrogen (secondary N) is 1. The van der Waals surface area contributed by atoms with Crippen molar-refractivity contribution in [3.05, 3.63) is 17.8 Å². The van der Waals surface area contributed by atoms with Gasteiger partial charge in [-0.05, 0) is 32.2 Å². The zero-order valence-electron chi connectivity index (χ0n) is 12.6. The summed E-state index contributed by atoms with van der Waals surface area (Å²) in [7, 11) is 3.51. The Morgan fingerprint density at radius 3 is 2.85 bits per heavy atom. The molecule has 1 aromatic rings.